The van der Waals surface area contributed by atoms with E-state index in [4.69, 9.17) is 31.8 Å². The predicted molar refractivity (Wildman–Crippen MR) is 118 cm³/mol. The van der Waals surface area contributed by atoms with E-state index in [2.05, 4.69) is 10.2 Å². The molecule has 1 aliphatic rings. The zero-order valence-corrected chi connectivity index (χ0v) is 18.9. The van der Waals surface area contributed by atoms with Crippen LogP contribution in [0.4, 0.5) is 5.69 Å². The van der Waals surface area contributed by atoms with Crippen LogP contribution in [0.15, 0.2) is 51.8 Å². The molecule has 1 amide bonds. The zero-order valence-electron chi connectivity index (χ0n) is 17.3. The number of amides is 1. The second kappa shape index (κ2) is 8.92. The Hall–Kier alpha value is -3.30. The van der Waals surface area contributed by atoms with Crippen LogP contribution in [0, 0.1) is 11.3 Å². The summed E-state index contributed by atoms with van der Waals surface area (Å²) in [5, 5.41) is 17.4. The molecule has 2 aromatic carbocycles. The summed E-state index contributed by atoms with van der Waals surface area (Å²) >= 11 is 5.95. The number of halogens is 1. The molecule has 3 aromatic rings. The number of ether oxygens (including phenoxy) is 1. The van der Waals surface area contributed by atoms with Crippen LogP contribution in [-0.2, 0) is 25.9 Å². The number of sulfone groups is 1. The summed E-state index contributed by atoms with van der Waals surface area (Å²) in [7, 11) is -2.52. The number of carbonyl (C=O) groups is 1. The molecule has 2 atom stereocenters. The van der Waals surface area contributed by atoms with Gasteiger partial charge < -0.3 is 19.8 Å². The van der Waals surface area contributed by atoms with Gasteiger partial charge in [-0.3, -0.25) is 4.79 Å². The van der Waals surface area contributed by atoms with Gasteiger partial charge in [-0.25, -0.2) is 8.42 Å². The van der Waals surface area contributed by atoms with Crippen molar-refractivity contribution in [2.75, 3.05) is 17.8 Å². The van der Waals surface area contributed by atoms with E-state index >= 15 is 0 Å². The predicted octanol–water partition coefficient (Wildman–Crippen LogP) is 2.25. The first-order valence-electron chi connectivity index (χ1n) is 9.68. The third-order valence-corrected chi connectivity index (χ3v) is 7.15. The Morgan fingerprint density at radius 2 is 2.03 bits per heavy atom. The molecule has 1 aliphatic heterocycles. The van der Waals surface area contributed by atoms with Gasteiger partial charge in [-0.15, -0.1) is 10.2 Å². The Kier molecular flexibility index (Phi) is 6.18. The molecule has 1 unspecified atom stereocenters. The maximum absolute atomic E-state index is 13.1. The van der Waals surface area contributed by atoms with Gasteiger partial charge >= 0.3 is 0 Å². The fourth-order valence-electron chi connectivity index (χ4n) is 3.44. The summed E-state index contributed by atoms with van der Waals surface area (Å²) in [6, 6.07) is 11.8. The van der Waals surface area contributed by atoms with Crippen molar-refractivity contribution in [2.45, 2.75) is 23.6 Å². The average Bonchev–Trinajstić information content (AvgIpc) is 3.26. The quantitative estimate of drug-likeness (QED) is 0.570. The highest BCUT2D eigenvalue weighted by Gasteiger charge is 2.36. The number of aromatic nitrogens is 2. The molecule has 33 heavy (non-hydrogen) atoms. The summed E-state index contributed by atoms with van der Waals surface area (Å²) < 4.78 is 36.4. The topological polar surface area (TPSA) is 152 Å². The van der Waals surface area contributed by atoms with Crippen LogP contribution < -0.4 is 10.6 Å². The molecule has 0 bridgehead atoms. The number of rotatable bonds is 5. The minimum atomic E-state index is -3.85. The van der Waals surface area contributed by atoms with E-state index in [9.17, 15) is 13.2 Å². The van der Waals surface area contributed by atoms with Crippen molar-refractivity contribution in [3.8, 4) is 17.5 Å². The lowest BCUT2D eigenvalue weighted by Crippen LogP contribution is -2.45. The Bertz CT molecular complexity index is 1350. The number of benzene rings is 2. The fraction of sp³-hybridized carbons (Fsp3) is 0.238. The normalized spacial score (nSPS) is 18.3. The van der Waals surface area contributed by atoms with Gasteiger partial charge in [0.1, 0.15) is 6.07 Å². The van der Waals surface area contributed by atoms with Crippen LogP contribution >= 0.6 is 11.6 Å². The lowest BCUT2D eigenvalue weighted by atomic mass is 10.1. The van der Waals surface area contributed by atoms with E-state index < -0.39 is 33.6 Å². The van der Waals surface area contributed by atoms with E-state index in [0.717, 1.165) is 5.56 Å². The number of nitriles is 1. The lowest BCUT2D eigenvalue weighted by molar-refractivity contribution is -0.119. The van der Waals surface area contributed by atoms with Crippen molar-refractivity contribution in [1.82, 2.24) is 10.2 Å². The van der Waals surface area contributed by atoms with Crippen molar-refractivity contribution in [3.63, 3.8) is 0 Å². The molecule has 2 heterocycles. The molecular formula is C21H18ClN5O5S. The zero-order chi connectivity index (χ0) is 23.8. The van der Waals surface area contributed by atoms with Gasteiger partial charge in [-0.05, 0) is 35.9 Å². The number of nitrogens with zero attached hydrogens (tertiary/aromatic N) is 4. The highest BCUT2D eigenvalue weighted by Crippen LogP contribution is 2.35. The Morgan fingerprint density at radius 3 is 2.70 bits per heavy atom. The van der Waals surface area contributed by atoms with Crippen LogP contribution in [0.25, 0.3) is 11.5 Å². The van der Waals surface area contributed by atoms with Crippen LogP contribution in [0.3, 0.4) is 0 Å². The van der Waals surface area contributed by atoms with Gasteiger partial charge in [0, 0.05) is 17.7 Å². The number of anilines is 1. The maximum atomic E-state index is 13.1. The Labute approximate surface area is 194 Å². The van der Waals surface area contributed by atoms with E-state index in [0.29, 0.717) is 10.6 Å². The monoisotopic (exact) mass is 487 g/mol. The van der Waals surface area contributed by atoms with Gasteiger partial charge in [0.2, 0.25) is 17.9 Å². The molecule has 12 heteroatoms. The van der Waals surface area contributed by atoms with Gasteiger partial charge in [0.25, 0.3) is 5.89 Å². The third kappa shape index (κ3) is 4.46. The molecule has 0 radical (unpaired) electrons. The molecule has 0 fully saturated rings. The van der Waals surface area contributed by atoms with Gasteiger partial charge in [0.15, 0.2) is 9.84 Å². The minimum Gasteiger partial charge on any atom is -0.417 e. The molecule has 0 saturated heterocycles. The second-order valence-corrected chi connectivity index (χ2v) is 9.75. The summed E-state index contributed by atoms with van der Waals surface area (Å²) in [5.74, 6) is -1.07. The number of hydrogen-bond donors (Lipinski definition) is 1. The smallest absolute Gasteiger partial charge is 0.260 e. The highest BCUT2D eigenvalue weighted by molar-refractivity contribution is 7.91. The highest BCUT2D eigenvalue weighted by atomic mass is 35.5. The van der Waals surface area contributed by atoms with E-state index in [1.807, 2.05) is 6.07 Å². The van der Waals surface area contributed by atoms with E-state index in [1.165, 1.54) is 30.2 Å². The lowest BCUT2D eigenvalue weighted by Gasteiger charge is -2.24. The molecule has 4 rings (SSSR count). The molecule has 170 valence electrons. The third-order valence-electron chi connectivity index (χ3n) is 5.09. The van der Waals surface area contributed by atoms with Crippen LogP contribution in [0.1, 0.15) is 17.6 Å². The van der Waals surface area contributed by atoms with Crippen LogP contribution in [-0.4, -0.2) is 43.4 Å². The molecule has 0 aliphatic carbocycles. The minimum absolute atomic E-state index is 0.0342. The first-order chi connectivity index (χ1) is 15.7. The number of carbonyl (C=O) groups excluding carboxylic acids is 1. The molecular weight excluding hydrogens is 470 g/mol. The summed E-state index contributed by atoms with van der Waals surface area (Å²) in [4.78, 5) is 14.4. The van der Waals surface area contributed by atoms with Crippen molar-refractivity contribution < 1.29 is 22.4 Å². The van der Waals surface area contributed by atoms with Gasteiger partial charge in [-0.1, -0.05) is 23.7 Å². The van der Waals surface area contributed by atoms with Crippen LogP contribution in [0.5, 0.6) is 0 Å². The van der Waals surface area contributed by atoms with Crippen molar-refractivity contribution in [1.29, 1.82) is 5.26 Å². The van der Waals surface area contributed by atoms with Gasteiger partial charge in [0.05, 0.1) is 28.9 Å². The Morgan fingerprint density at radius 1 is 1.30 bits per heavy atom. The SMILES string of the molecule is COC(C#N)c1nnc(-c2ccc3c(c2)N(Cc2ccc(Cl)cc2)C(=O)[C@@H](N)CS3(=O)=O)o1. The summed E-state index contributed by atoms with van der Waals surface area (Å²) in [5.41, 5.74) is 7.17. The summed E-state index contributed by atoms with van der Waals surface area (Å²) in [6.45, 7) is 0.0743. The molecule has 2 N–H and O–H groups in total. The first-order valence-corrected chi connectivity index (χ1v) is 11.7. The van der Waals surface area contributed by atoms with Crippen molar-refractivity contribution in [3.05, 3.63) is 58.9 Å². The largest absolute Gasteiger partial charge is 0.417 e. The summed E-state index contributed by atoms with van der Waals surface area (Å²) in [6.07, 6.45) is -1.05. The molecule has 0 saturated carbocycles. The Balaban J connectivity index is 1.82. The van der Waals surface area contributed by atoms with Crippen molar-refractivity contribution in [2.24, 2.45) is 5.73 Å². The van der Waals surface area contributed by atoms with Gasteiger partial charge in [-0.2, -0.15) is 5.26 Å². The molecule has 10 nitrogen and oxygen atoms in total. The van der Waals surface area contributed by atoms with E-state index in [1.54, 1.807) is 24.3 Å². The standard InChI is InChI=1S/C21H18ClN5O5S/c1-31-17(9-23)20-26-25-19(32-20)13-4-7-18-16(8-13)27(10-12-2-5-14(22)6-3-12)21(28)15(24)11-33(18,29)30/h2-8,15,17H,10-11,24H2,1H3/t15-,17?/m0/s1. The number of hydrogen-bond acceptors (Lipinski definition) is 9. The molecule has 0 spiro atoms. The number of nitrogens with two attached hydrogens (primary N) is 1. The maximum Gasteiger partial charge on any atom is 0.260 e. The molecule has 1 aromatic heterocycles. The second-order valence-electron chi connectivity index (χ2n) is 7.31. The fourth-order valence-corrected chi connectivity index (χ4v) is 5.13. The van der Waals surface area contributed by atoms with Crippen molar-refractivity contribution >= 4 is 33.0 Å². The number of methoxy groups -OCH3 is 1. The van der Waals surface area contributed by atoms with Crippen LogP contribution in [0.2, 0.25) is 5.02 Å². The van der Waals surface area contributed by atoms with E-state index in [-0.39, 0.29) is 28.9 Å². The first kappa shape index (κ1) is 22.9. The number of fused-ring (bicyclic) bond motifs is 1. The average molecular weight is 488 g/mol.